The minimum absolute atomic E-state index is 0.182. The number of anilines is 1. The van der Waals surface area contributed by atoms with E-state index in [0.717, 1.165) is 31.6 Å². The lowest BCUT2D eigenvalue weighted by atomic mass is 9.91. The molecule has 0 radical (unpaired) electrons. The van der Waals surface area contributed by atoms with Crippen LogP contribution in [0.3, 0.4) is 0 Å². The molecule has 0 aliphatic heterocycles. The van der Waals surface area contributed by atoms with Crippen molar-refractivity contribution in [3.8, 4) is 0 Å². The largest absolute Gasteiger partial charge is 0.391 e. The second-order valence-electron chi connectivity index (χ2n) is 5.10. The molecule has 100 valence electrons. The Balaban J connectivity index is 2.03. The van der Waals surface area contributed by atoms with Gasteiger partial charge in [-0.1, -0.05) is 18.9 Å². The van der Waals surface area contributed by atoms with Gasteiger partial charge >= 0.3 is 0 Å². The summed E-state index contributed by atoms with van der Waals surface area (Å²) in [6.45, 7) is 0.825. The van der Waals surface area contributed by atoms with Crippen LogP contribution in [0.25, 0.3) is 0 Å². The number of aliphatic hydroxyl groups is 1. The molecule has 2 N–H and O–H groups in total. The minimum atomic E-state index is -0.182. The number of hydrogen-bond acceptors (Lipinski definition) is 4. The van der Waals surface area contributed by atoms with Gasteiger partial charge in [-0.05, 0) is 26.0 Å². The summed E-state index contributed by atoms with van der Waals surface area (Å²) in [6.07, 6.45) is 6.01. The zero-order valence-electron chi connectivity index (χ0n) is 11.3. The van der Waals surface area contributed by atoms with Crippen LogP contribution in [-0.2, 0) is 6.54 Å². The molecule has 4 nitrogen and oxygen atoms in total. The van der Waals surface area contributed by atoms with E-state index in [1.54, 1.807) is 6.20 Å². The van der Waals surface area contributed by atoms with Crippen LogP contribution in [-0.4, -0.2) is 41.2 Å². The highest BCUT2D eigenvalue weighted by Crippen LogP contribution is 2.24. The van der Waals surface area contributed by atoms with Crippen LogP contribution >= 0.6 is 0 Å². The zero-order valence-corrected chi connectivity index (χ0v) is 11.3. The number of aliphatic hydroxyl groups excluding tert-OH is 1. The molecule has 2 rings (SSSR count). The lowest BCUT2D eigenvalue weighted by Crippen LogP contribution is -2.42. The van der Waals surface area contributed by atoms with E-state index in [1.165, 1.54) is 12.0 Å². The number of nitrogens with one attached hydrogen (secondary N) is 1. The van der Waals surface area contributed by atoms with Crippen molar-refractivity contribution in [2.45, 2.75) is 44.4 Å². The molecule has 1 aliphatic carbocycles. The van der Waals surface area contributed by atoms with Gasteiger partial charge in [0, 0.05) is 31.4 Å². The Bertz CT molecular complexity index is 383. The molecular formula is C14H23N3O. The fourth-order valence-electron chi connectivity index (χ4n) is 2.78. The molecule has 2 atom stereocenters. The van der Waals surface area contributed by atoms with E-state index < -0.39 is 0 Å². The molecule has 1 aromatic rings. The monoisotopic (exact) mass is 249 g/mol. The van der Waals surface area contributed by atoms with Gasteiger partial charge in [-0.3, -0.25) is 4.90 Å². The highest BCUT2D eigenvalue weighted by Gasteiger charge is 2.26. The number of pyridine rings is 1. The fraction of sp³-hybridized carbons (Fsp3) is 0.643. The van der Waals surface area contributed by atoms with Crippen LogP contribution in [0.5, 0.6) is 0 Å². The van der Waals surface area contributed by atoms with Gasteiger partial charge in [0.05, 0.1) is 6.10 Å². The third kappa shape index (κ3) is 3.00. The van der Waals surface area contributed by atoms with Crippen molar-refractivity contribution in [3.63, 3.8) is 0 Å². The van der Waals surface area contributed by atoms with E-state index in [0.29, 0.717) is 0 Å². The summed E-state index contributed by atoms with van der Waals surface area (Å²) in [5, 5.41) is 13.2. The fourth-order valence-corrected chi connectivity index (χ4v) is 2.78. The molecule has 0 saturated heterocycles. The molecule has 18 heavy (non-hydrogen) atoms. The Kier molecular flexibility index (Phi) is 4.55. The topological polar surface area (TPSA) is 48.4 Å². The van der Waals surface area contributed by atoms with Crippen molar-refractivity contribution in [3.05, 3.63) is 23.9 Å². The first-order valence-corrected chi connectivity index (χ1v) is 6.72. The minimum Gasteiger partial charge on any atom is -0.391 e. The lowest BCUT2D eigenvalue weighted by Gasteiger charge is -2.35. The van der Waals surface area contributed by atoms with Crippen LogP contribution in [0, 0.1) is 0 Å². The van der Waals surface area contributed by atoms with Gasteiger partial charge in [-0.25, -0.2) is 4.98 Å². The van der Waals surface area contributed by atoms with Crippen LogP contribution in [0.1, 0.15) is 31.2 Å². The smallest absolute Gasteiger partial charge is 0.130 e. The first-order chi connectivity index (χ1) is 8.72. The Morgan fingerprint density at radius 2 is 2.22 bits per heavy atom. The van der Waals surface area contributed by atoms with Crippen LogP contribution in [0.2, 0.25) is 0 Å². The number of rotatable bonds is 4. The number of likely N-dealkylation sites (N-methyl/N-ethyl adjacent to an activating group) is 1. The molecule has 1 aliphatic rings. The maximum atomic E-state index is 10.1. The molecule has 0 amide bonds. The second-order valence-corrected chi connectivity index (χ2v) is 5.10. The number of nitrogens with zero attached hydrogens (tertiary/aromatic N) is 2. The standard InChI is InChI=1S/C14H23N3O/c1-15-14-11(6-5-9-16-14)10-17(2)12-7-3-4-8-13(12)18/h5-6,9,12-13,18H,3-4,7-8,10H2,1-2H3,(H,15,16). The van der Waals surface area contributed by atoms with Crippen molar-refractivity contribution < 1.29 is 5.11 Å². The number of hydrogen-bond donors (Lipinski definition) is 2. The van der Waals surface area contributed by atoms with Crippen molar-refractivity contribution in [2.24, 2.45) is 0 Å². The molecule has 0 bridgehead atoms. The Hall–Kier alpha value is -1.13. The maximum absolute atomic E-state index is 10.1. The Morgan fingerprint density at radius 1 is 1.44 bits per heavy atom. The van der Waals surface area contributed by atoms with Crippen LogP contribution in [0.4, 0.5) is 5.82 Å². The summed E-state index contributed by atoms with van der Waals surface area (Å²) in [4.78, 5) is 6.57. The normalized spacial score (nSPS) is 24.2. The lowest BCUT2D eigenvalue weighted by molar-refractivity contribution is 0.0289. The van der Waals surface area contributed by atoms with Gasteiger partial charge in [-0.15, -0.1) is 0 Å². The zero-order chi connectivity index (χ0) is 13.0. The summed E-state index contributed by atoms with van der Waals surface area (Å²) in [5.74, 6) is 0.926. The highest BCUT2D eigenvalue weighted by atomic mass is 16.3. The van der Waals surface area contributed by atoms with Gasteiger partial charge in [0.25, 0.3) is 0 Å². The summed E-state index contributed by atoms with van der Waals surface area (Å²) >= 11 is 0. The van der Waals surface area contributed by atoms with Gasteiger partial charge in [0.1, 0.15) is 5.82 Å². The SMILES string of the molecule is CNc1ncccc1CN(C)C1CCCCC1O. The van der Waals surface area contributed by atoms with E-state index in [9.17, 15) is 5.11 Å². The molecule has 1 saturated carbocycles. The molecular weight excluding hydrogens is 226 g/mol. The predicted octanol–water partition coefficient (Wildman–Crippen LogP) is 1.86. The predicted molar refractivity (Wildman–Crippen MR) is 73.5 cm³/mol. The van der Waals surface area contributed by atoms with Crippen molar-refractivity contribution >= 4 is 5.82 Å². The van der Waals surface area contributed by atoms with E-state index >= 15 is 0 Å². The molecule has 1 fully saturated rings. The Labute approximate surface area is 109 Å². The highest BCUT2D eigenvalue weighted by molar-refractivity contribution is 5.42. The van der Waals surface area contributed by atoms with E-state index in [1.807, 2.05) is 13.1 Å². The molecule has 0 spiro atoms. The van der Waals surface area contributed by atoms with Crippen molar-refractivity contribution in [2.75, 3.05) is 19.4 Å². The average Bonchev–Trinajstić information content (AvgIpc) is 2.39. The second kappa shape index (κ2) is 6.16. The quantitative estimate of drug-likeness (QED) is 0.855. The van der Waals surface area contributed by atoms with Gasteiger partial charge < -0.3 is 10.4 Å². The molecule has 1 heterocycles. The van der Waals surface area contributed by atoms with Gasteiger partial charge in [0.2, 0.25) is 0 Å². The average molecular weight is 249 g/mol. The first kappa shape index (κ1) is 13.3. The van der Waals surface area contributed by atoms with Crippen LogP contribution in [0.15, 0.2) is 18.3 Å². The Morgan fingerprint density at radius 3 is 2.94 bits per heavy atom. The third-order valence-corrected chi connectivity index (χ3v) is 3.81. The van der Waals surface area contributed by atoms with Gasteiger partial charge in [0.15, 0.2) is 0 Å². The summed E-state index contributed by atoms with van der Waals surface area (Å²) in [5.41, 5.74) is 1.18. The summed E-state index contributed by atoms with van der Waals surface area (Å²) < 4.78 is 0. The van der Waals surface area contributed by atoms with E-state index in [4.69, 9.17) is 0 Å². The molecule has 4 heteroatoms. The van der Waals surface area contributed by atoms with Crippen LogP contribution < -0.4 is 5.32 Å². The first-order valence-electron chi connectivity index (χ1n) is 6.72. The van der Waals surface area contributed by atoms with Gasteiger partial charge in [-0.2, -0.15) is 0 Å². The molecule has 2 unspecified atom stereocenters. The molecule has 1 aromatic heterocycles. The van der Waals surface area contributed by atoms with E-state index in [2.05, 4.69) is 28.3 Å². The third-order valence-electron chi connectivity index (χ3n) is 3.81. The van der Waals surface area contributed by atoms with Crippen molar-refractivity contribution in [1.82, 2.24) is 9.88 Å². The number of aromatic nitrogens is 1. The maximum Gasteiger partial charge on any atom is 0.130 e. The summed E-state index contributed by atoms with van der Waals surface area (Å²) in [6, 6.07) is 4.33. The molecule has 0 aromatic carbocycles. The summed E-state index contributed by atoms with van der Waals surface area (Å²) in [7, 11) is 3.98. The van der Waals surface area contributed by atoms with Crippen molar-refractivity contribution in [1.29, 1.82) is 0 Å². The van der Waals surface area contributed by atoms with E-state index in [-0.39, 0.29) is 12.1 Å².